The van der Waals surface area contributed by atoms with Crippen LogP contribution in [-0.4, -0.2) is 129 Å². The standard InChI is InChI=1S/C14H26N2O3.C10H17NO3.C4H9NO/c1-14(2,3)19-13(17)16-6-4-12(5-7-16)15-8-10-18-11-9-15;1-10(2,3)14-9(13)11-6-4-8(12)5-7-11;1-3-6-4-2-5-1/h12H,4-11H2,1-3H3;4-7H2,1-3H3;5H,1-4H2. The molecule has 0 radical (unpaired) electrons. The minimum atomic E-state index is -0.460. The van der Waals surface area contributed by atoms with Gasteiger partial charge in [-0.2, -0.15) is 0 Å². The first-order valence-corrected chi connectivity index (χ1v) is 14.4. The summed E-state index contributed by atoms with van der Waals surface area (Å²) >= 11 is 0. The van der Waals surface area contributed by atoms with Crippen molar-refractivity contribution >= 4 is 18.0 Å². The highest BCUT2D eigenvalue weighted by Crippen LogP contribution is 2.20. The second-order valence-corrected chi connectivity index (χ2v) is 12.2. The molecular formula is C28H52N4O7. The highest BCUT2D eigenvalue weighted by atomic mass is 16.6. The van der Waals surface area contributed by atoms with E-state index in [1.165, 1.54) is 0 Å². The third-order valence-corrected chi connectivity index (χ3v) is 6.50. The fourth-order valence-corrected chi connectivity index (χ4v) is 4.46. The molecule has 4 aliphatic heterocycles. The first kappa shape index (κ1) is 33.3. The smallest absolute Gasteiger partial charge is 0.410 e. The lowest BCUT2D eigenvalue weighted by Gasteiger charge is -2.40. The number of piperidine rings is 2. The number of amides is 2. The van der Waals surface area contributed by atoms with Crippen molar-refractivity contribution in [2.45, 2.75) is 84.5 Å². The second kappa shape index (κ2) is 16.3. The highest BCUT2D eigenvalue weighted by molar-refractivity contribution is 5.81. The van der Waals surface area contributed by atoms with Gasteiger partial charge in [0.25, 0.3) is 0 Å². The van der Waals surface area contributed by atoms with Gasteiger partial charge in [-0.1, -0.05) is 0 Å². The summed E-state index contributed by atoms with van der Waals surface area (Å²) in [5.41, 5.74) is -0.864. The van der Waals surface area contributed by atoms with Gasteiger partial charge < -0.3 is 34.1 Å². The molecule has 0 unspecified atom stereocenters. The number of likely N-dealkylation sites (tertiary alicyclic amines) is 2. The van der Waals surface area contributed by atoms with Crippen LogP contribution in [0.1, 0.15) is 67.2 Å². The van der Waals surface area contributed by atoms with Crippen LogP contribution in [0.15, 0.2) is 0 Å². The summed E-state index contributed by atoms with van der Waals surface area (Å²) in [6.45, 7) is 21.4. The fourth-order valence-electron chi connectivity index (χ4n) is 4.46. The van der Waals surface area contributed by atoms with Crippen LogP contribution in [0.2, 0.25) is 0 Å². The van der Waals surface area contributed by atoms with Crippen molar-refractivity contribution in [2.75, 3.05) is 78.8 Å². The van der Waals surface area contributed by atoms with Crippen LogP contribution in [0.5, 0.6) is 0 Å². The molecule has 4 aliphatic rings. The number of rotatable bonds is 1. The molecule has 4 saturated heterocycles. The lowest BCUT2D eigenvalue weighted by Crippen LogP contribution is -2.50. The van der Waals surface area contributed by atoms with Gasteiger partial charge in [0.05, 0.1) is 26.4 Å². The Labute approximate surface area is 234 Å². The fraction of sp³-hybridized carbons (Fsp3) is 0.893. The number of carbonyl (C=O) groups excluding carboxylic acids is 3. The number of nitrogens with one attached hydrogen (secondary N) is 1. The van der Waals surface area contributed by atoms with Crippen molar-refractivity contribution in [3.63, 3.8) is 0 Å². The molecule has 0 aliphatic carbocycles. The van der Waals surface area contributed by atoms with Gasteiger partial charge in [-0.25, -0.2) is 9.59 Å². The molecular weight excluding hydrogens is 504 g/mol. The second-order valence-electron chi connectivity index (χ2n) is 12.2. The van der Waals surface area contributed by atoms with E-state index < -0.39 is 11.2 Å². The zero-order chi connectivity index (χ0) is 28.9. The number of ether oxygens (including phenoxy) is 4. The van der Waals surface area contributed by atoms with Crippen molar-refractivity contribution in [1.82, 2.24) is 20.0 Å². The average molecular weight is 557 g/mol. The first-order chi connectivity index (χ1) is 18.3. The topological polar surface area (TPSA) is 110 Å². The molecule has 1 N–H and O–H groups in total. The van der Waals surface area contributed by atoms with Crippen LogP contribution >= 0.6 is 0 Å². The zero-order valence-electron chi connectivity index (χ0n) is 25.1. The Morgan fingerprint density at radius 1 is 0.718 bits per heavy atom. The third kappa shape index (κ3) is 14.3. The summed E-state index contributed by atoms with van der Waals surface area (Å²) in [5.74, 6) is 0.227. The molecule has 2 amide bonds. The van der Waals surface area contributed by atoms with Crippen LogP contribution in [0.25, 0.3) is 0 Å². The number of Topliss-reactive ketones (excluding diaryl/α,β-unsaturated/α-hetero) is 1. The van der Waals surface area contributed by atoms with E-state index in [0.29, 0.717) is 32.0 Å². The van der Waals surface area contributed by atoms with E-state index in [1.807, 2.05) is 46.4 Å². The number of morpholine rings is 2. The molecule has 0 aromatic rings. The van der Waals surface area contributed by atoms with E-state index in [1.54, 1.807) is 4.90 Å². The Balaban J connectivity index is 0.000000232. The monoisotopic (exact) mass is 556 g/mol. The van der Waals surface area contributed by atoms with Gasteiger partial charge in [-0.15, -0.1) is 0 Å². The average Bonchev–Trinajstić information content (AvgIpc) is 2.89. The molecule has 11 nitrogen and oxygen atoms in total. The molecule has 0 atom stereocenters. The molecule has 0 aromatic heterocycles. The van der Waals surface area contributed by atoms with Crippen LogP contribution in [0.4, 0.5) is 9.59 Å². The summed E-state index contributed by atoms with van der Waals surface area (Å²) in [5, 5.41) is 3.16. The van der Waals surface area contributed by atoms with Gasteiger partial charge in [0.1, 0.15) is 17.0 Å². The van der Waals surface area contributed by atoms with E-state index in [0.717, 1.165) is 78.5 Å². The molecule has 0 spiro atoms. The van der Waals surface area contributed by atoms with Crippen LogP contribution < -0.4 is 5.32 Å². The SMILES string of the molecule is C1COCCN1.CC(C)(C)OC(=O)N1CCC(=O)CC1.CC(C)(C)OC(=O)N1CCC(N2CCOCC2)CC1. The van der Waals surface area contributed by atoms with Gasteiger partial charge in [0, 0.05) is 71.2 Å². The Morgan fingerprint density at radius 3 is 1.54 bits per heavy atom. The molecule has 226 valence electrons. The number of hydrogen-bond acceptors (Lipinski definition) is 9. The van der Waals surface area contributed by atoms with E-state index in [9.17, 15) is 14.4 Å². The van der Waals surface area contributed by atoms with Crippen LogP contribution in [0, 0.1) is 0 Å². The molecule has 39 heavy (non-hydrogen) atoms. The number of ketones is 1. The molecule has 4 heterocycles. The zero-order valence-corrected chi connectivity index (χ0v) is 25.1. The van der Waals surface area contributed by atoms with E-state index >= 15 is 0 Å². The minimum Gasteiger partial charge on any atom is -0.444 e. The van der Waals surface area contributed by atoms with E-state index in [4.69, 9.17) is 18.9 Å². The molecule has 0 bridgehead atoms. The quantitative estimate of drug-likeness (QED) is 0.521. The van der Waals surface area contributed by atoms with Crippen LogP contribution in [-0.2, 0) is 23.7 Å². The maximum absolute atomic E-state index is 12.0. The maximum Gasteiger partial charge on any atom is 0.410 e. The van der Waals surface area contributed by atoms with Crippen molar-refractivity contribution in [3.8, 4) is 0 Å². The lowest BCUT2D eigenvalue weighted by atomic mass is 10.0. The molecule has 4 rings (SSSR count). The largest absolute Gasteiger partial charge is 0.444 e. The molecule has 0 saturated carbocycles. The summed E-state index contributed by atoms with van der Waals surface area (Å²) in [4.78, 5) is 40.3. The summed E-state index contributed by atoms with van der Waals surface area (Å²) < 4.78 is 21.0. The van der Waals surface area contributed by atoms with Crippen molar-refractivity contribution in [3.05, 3.63) is 0 Å². The predicted octanol–water partition coefficient (Wildman–Crippen LogP) is 2.91. The molecule has 4 fully saturated rings. The lowest BCUT2D eigenvalue weighted by molar-refractivity contribution is -0.121. The highest BCUT2D eigenvalue weighted by Gasteiger charge is 2.30. The molecule has 0 aromatic carbocycles. The number of nitrogens with zero attached hydrogens (tertiary/aromatic N) is 3. The van der Waals surface area contributed by atoms with Crippen molar-refractivity contribution < 1.29 is 33.3 Å². The normalized spacial score (nSPS) is 21.6. The predicted molar refractivity (Wildman–Crippen MR) is 149 cm³/mol. The maximum atomic E-state index is 12.0. The van der Waals surface area contributed by atoms with Gasteiger partial charge in [-0.05, 0) is 54.4 Å². The van der Waals surface area contributed by atoms with Gasteiger partial charge in [0.2, 0.25) is 0 Å². The minimum absolute atomic E-state index is 0.173. The van der Waals surface area contributed by atoms with Crippen LogP contribution in [0.3, 0.4) is 0 Å². The van der Waals surface area contributed by atoms with E-state index in [-0.39, 0.29) is 18.0 Å². The number of hydrogen-bond donors (Lipinski definition) is 1. The Hall–Kier alpha value is -1.95. The summed E-state index contributed by atoms with van der Waals surface area (Å²) in [7, 11) is 0. The third-order valence-electron chi connectivity index (χ3n) is 6.50. The van der Waals surface area contributed by atoms with Gasteiger partial charge >= 0.3 is 12.2 Å². The van der Waals surface area contributed by atoms with Gasteiger partial charge in [-0.3, -0.25) is 9.69 Å². The van der Waals surface area contributed by atoms with Gasteiger partial charge in [0.15, 0.2) is 0 Å². The summed E-state index contributed by atoms with van der Waals surface area (Å²) in [6, 6.07) is 0.600. The van der Waals surface area contributed by atoms with Crippen molar-refractivity contribution in [1.29, 1.82) is 0 Å². The Kier molecular flexibility index (Phi) is 13.9. The molecule has 11 heteroatoms. The van der Waals surface area contributed by atoms with Crippen molar-refractivity contribution in [2.24, 2.45) is 0 Å². The Bertz CT molecular complexity index is 726. The first-order valence-electron chi connectivity index (χ1n) is 14.4. The number of carbonyl (C=O) groups is 3. The summed E-state index contributed by atoms with van der Waals surface area (Å²) in [6.07, 6.45) is 2.51. The van der Waals surface area contributed by atoms with E-state index in [2.05, 4.69) is 10.2 Å². The Morgan fingerprint density at radius 2 is 1.15 bits per heavy atom.